The van der Waals surface area contributed by atoms with Crippen LogP contribution in [-0.4, -0.2) is 63.6 Å². The van der Waals surface area contributed by atoms with Gasteiger partial charge in [0.1, 0.15) is 0 Å². The molecule has 4 rings (SSSR count). The Morgan fingerprint density at radius 3 is 1.74 bits per heavy atom. The van der Waals surface area contributed by atoms with E-state index in [1.54, 1.807) is 0 Å². The molecule has 0 saturated carbocycles. The summed E-state index contributed by atoms with van der Waals surface area (Å²) in [5.74, 6) is -0.433. The zero-order chi connectivity index (χ0) is 32.3. The molecular weight excluding hydrogens is 690 g/mol. The third-order valence-electron chi connectivity index (χ3n) is 7.93. The second-order valence-corrected chi connectivity index (χ2v) is 15.5. The zero-order valence-electron chi connectivity index (χ0n) is 27.5. The predicted molar refractivity (Wildman–Crippen MR) is 194 cm³/mol. The Hall–Kier alpha value is -1.39. The maximum absolute atomic E-state index is 13.1. The SMILES string of the molecule is CCOC(=O)C1CCC(Cc2ccc(Cl)cc2)N(S(=O)C(C)(C)C)C1.CCOC(=O)C1CCC(Cc2ccc(Cl)cc2)NC1.Cl.Cl. The van der Waals surface area contributed by atoms with Gasteiger partial charge in [-0.25, -0.2) is 8.51 Å². The number of halogens is 4. The maximum Gasteiger partial charge on any atom is 0.310 e. The minimum atomic E-state index is -1.17. The molecule has 2 fully saturated rings. The van der Waals surface area contributed by atoms with Gasteiger partial charge in [0.15, 0.2) is 0 Å². The lowest BCUT2D eigenvalue weighted by Crippen LogP contribution is -2.51. The molecule has 46 heavy (non-hydrogen) atoms. The summed E-state index contributed by atoms with van der Waals surface area (Å²) in [5.41, 5.74) is 2.44. The van der Waals surface area contributed by atoms with Gasteiger partial charge >= 0.3 is 11.9 Å². The number of rotatable bonds is 9. The van der Waals surface area contributed by atoms with E-state index in [4.69, 9.17) is 32.7 Å². The summed E-state index contributed by atoms with van der Waals surface area (Å²) < 4.78 is 24.9. The number of piperidine rings is 2. The number of nitrogens with one attached hydrogen (secondary N) is 1. The summed E-state index contributed by atoms with van der Waals surface area (Å²) in [6.45, 7) is 11.6. The van der Waals surface area contributed by atoms with Gasteiger partial charge in [-0.15, -0.1) is 24.8 Å². The molecule has 0 aliphatic carbocycles. The average molecular weight is 741 g/mol. The summed E-state index contributed by atoms with van der Waals surface area (Å²) >= 11 is 11.8. The van der Waals surface area contributed by atoms with Crippen molar-refractivity contribution in [1.82, 2.24) is 9.62 Å². The lowest BCUT2D eigenvalue weighted by molar-refractivity contribution is -0.150. The summed E-state index contributed by atoms with van der Waals surface area (Å²) in [5, 5.41) is 4.92. The fourth-order valence-corrected chi connectivity index (χ4v) is 7.28. The van der Waals surface area contributed by atoms with Crippen molar-refractivity contribution in [1.29, 1.82) is 0 Å². The van der Waals surface area contributed by atoms with Crippen LogP contribution in [0.15, 0.2) is 48.5 Å². The molecule has 2 saturated heterocycles. The molecule has 1 N–H and O–H groups in total. The van der Waals surface area contributed by atoms with Crippen LogP contribution in [0.5, 0.6) is 0 Å². The minimum absolute atomic E-state index is 0. The smallest absolute Gasteiger partial charge is 0.310 e. The van der Waals surface area contributed by atoms with E-state index >= 15 is 0 Å². The first-order valence-electron chi connectivity index (χ1n) is 15.6. The number of hydrogen-bond acceptors (Lipinski definition) is 6. The quantitative estimate of drug-likeness (QED) is 0.266. The Morgan fingerprint density at radius 2 is 1.28 bits per heavy atom. The number of benzene rings is 2. The van der Waals surface area contributed by atoms with E-state index in [2.05, 4.69) is 17.4 Å². The maximum atomic E-state index is 13.1. The van der Waals surface area contributed by atoms with Gasteiger partial charge in [-0.2, -0.15) is 0 Å². The van der Waals surface area contributed by atoms with Crippen molar-refractivity contribution < 1.29 is 23.3 Å². The molecule has 12 heteroatoms. The second kappa shape index (κ2) is 20.9. The highest BCUT2D eigenvalue weighted by Gasteiger charge is 2.39. The van der Waals surface area contributed by atoms with Crippen LogP contribution in [0.3, 0.4) is 0 Å². The van der Waals surface area contributed by atoms with Crippen LogP contribution < -0.4 is 5.32 Å². The van der Waals surface area contributed by atoms with Gasteiger partial charge in [0, 0.05) is 35.2 Å². The molecule has 5 atom stereocenters. The highest BCUT2D eigenvalue weighted by Crippen LogP contribution is 2.30. The first-order chi connectivity index (χ1) is 20.9. The van der Waals surface area contributed by atoms with Crippen LogP contribution >= 0.6 is 48.0 Å². The summed E-state index contributed by atoms with van der Waals surface area (Å²) in [6.07, 6.45) is 5.29. The van der Waals surface area contributed by atoms with Crippen molar-refractivity contribution in [3.8, 4) is 0 Å². The van der Waals surface area contributed by atoms with Crippen molar-refractivity contribution in [2.75, 3.05) is 26.3 Å². The first-order valence-corrected chi connectivity index (χ1v) is 17.5. The molecule has 5 unspecified atom stereocenters. The molecule has 0 radical (unpaired) electrons. The third-order valence-corrected chi connectivity index (χ3v) is 10.4. The number of ether oxygens (including phenoxy) is 2. The van der Waals surface area contributed by atoms with Crippen molar-refractivity contribution in [3.63, 3.8) is 0 Å². The van der Waals surface area contributed by atoms with E-state index in [9.17, 15) is 13.8 Å². The van der Waals surface area contributed by atoms with Crippen molar-refractivity contribution in [3.05, 3.63) is 69.7 Å². The van der Waals surface area contributed by atoms with E-state index in [0.29, 0.717) is 30.8 Å². The van der Waals surface area contributed by atoms with Crippen LogP contribution in [0.4, 0.5) is 0 Å². The van der Waals surface area contributed by atoms with Crippen molar-refractivity contribution in [2.45, 2.75) is 90.0 Å². The van der Waals surface area contributed by atoms with Crippen molar-refractivity contribution in [2.24, 2.45) is 11.8 Å². The highest BCUT2D eigenvalue weighted by molar-refractivity contribution is 7.84. The molecule has 0 amide bonds. The normalized spacial score (nSPS) is 22.2. The third kappa shape index (κ3) is 13.6. The minimum Gasteiger partial charge on any atom is -0.466 e. The summed E-state index contributed by atoms with van der Waals surface area (Å²) in [6, 6.07) is 16.3. The fraction of sp³-hybridized carbons (Fsp3) is 0.588. The molecule has 0 spiro atoms. The number of carbonyl (C=O) groups excluding carboxylic acids is 2. The highest BCUT2D eigenvalue weighted by atomic mass is 35.5. The molecule has 2 aliphatic rings. The van der Waals surface area contributed by atoms with E-state index in [-0.39, 0.29) is 59.4 Å². The largest absolute Gasteiger partial charge is 0.466 e. The lowest BCUT2D eigenvalue weighted by Gasteiger charge is -2.40. The van der Waals surface area contributed by atoms with Gasteiger partial charge in [0.2, 0.25) is 0 Å². The monoisotopic (exact) mass is 738 g/mol. The fourth-order valence-electron chi connectivity index (χ4n) is 5.55. The van der Waals surface area contributed by atoms with Gasteiger partial charge in [-0.3, -0.25) is 9.59 Å². The van der Waals surface area contributed by atoms with Crippen LogP contribution in [0.25, 0.3) is 0 Å². The zero-order valence-corrected chi connectivity index (χ0v) is 31.4. The van der Waals surface area contributed by atoms with Crippen LogP contribution in [-0.2, 0) is 42.9 Å². The molecule has 2 heterocycles. The van der Waals surface area contributed by atoms with Crippen LogP contribution in [0.1, 0.15) is 71.4 Å². The van der Waals surface area contributed by atoms with Gasteiger partial charge < -0.3 is 14.8 Å². The Bertz CT molecular complexity index is 1220. The standard InChI is InChI=1S/C19H28ClNO3S.C15H20ClNO2.2ClH/c1-5-24-18(22)15-8-11-17(12-14-6-9-16(20)10-7-14)21(13-15)25(23)19(2,3)4;1-2-19-15(18)12-5-8-14(17-10-12)9-11-3-6-13(16)7-4-11;;/h6-7,9-10,15,17H,5,8,11-13H2,1-4H3;3-4,6-7,12,14,17H,2,5,8-10H2,1H3;2*1H. The summed E-state index contributed by atoms with van der Waals surface area (Å²) in [7, 11) is -1.17. The van der Waals surface area contributed by atoms with Gasteiger partial charge in [-0.1, -0.05) is 47.5 Å². The topological polar surface area (TPSA) is 84.9 Å². The Balaban J connectivity index is 0.000000455. The molecule has 260 valence electrons. The first kappa shape index (κ1) is 42.6. The molecule has 0 bridgehead atoms. The Kier molecular flexibility index (Phi) is 19.3. The lowest BCUT2D eigenvalue weighted by atomic mass is 9.91. The van der Waals surface area contributed by atoms with Crippen LogP contribution in [0, 0.1) is 11.8 Å². The Morgan fingerprint density at radius 1 is 0.804 bits per heavy atom. The van der Waals surface area contributed by atoms with E-state index in [1.807, 2.05) is 75.3 Å². The van der Waals surface area contributed by atoms with E-state index < -0.39 is 11.0 Å². The second-order valence-electron chi connectivity index (χ2n) is 12.4. The number of hydrogen-bond donors (Lipinski definition) is 1. The molecule has 7 nitrogen and oxygen atoms in total. The molecule has 2 aromatic rings. The Labute approximate surface area is 300 Å². The van der Waals surface area contributed by atoms with Crippen LogP contribution in [0.2, 0.25) is 10.0 Å². The summed E-state index contributed by atoms with van der Waals surface area (Å²) in [4.78, 5) is 23.8. The van der Waals surface area contributed by atoms with Gasteiger partial charge in [0.25, 0.3) is 0 Å². The molecule has 0 aromatic heterocycles. The van der Waals surface area contributed by atoms with Gasteiger partial charge in [-0.05, 0) is 109 Å². The predicted octanol–water partition coefficient (Wildman–Crippen LogP) is 7.65. The van der Waals surface area contributed by atoms with Crippen molar-refractivity contribution >= 4 is 70.9 Å². The van der Waals surface area contributed by atoms with E-state index in [1.165, 1.54) is 11.1 Å². The number of carbonyl (C=O) groups is 2. The molecule has 2 aliphatic heterocycles. The molecular formula is C34H50Cl4N2O5S. The number of nitrogens with zero attached hydrogens (tertiary/aromatic N) is 1. The number of esters is 2. The molecule has 2 aromatic carbocycles. The van der Waals surface area contributed by atoms with E-state index in [0.717, 1.165) is 50.1 Å². The average Bonchev–Trinajstić information content (AvgIpc) is 3.00. The van der Waals surface area contributed by atoms with Gasteiger partial charge in [0.05, 0.1) is 40.8 Å².